The molecule has 2 N–H and O–H groups in total. The molecule has 0 aromatic heterocycles. The summed E-state index contributed by atoms with van der Waals surface area (Å²) in [6.45, 7) is 5.33. The summed E-state index contributed by atoms with van der Waals surface area (Å²) < 4.78 is 10.2. The zero-order chi connectivity index (χ0) is 18.9. The Bertz CT molecular complexity index is 579. The molecule has 0 saturated carbocycles. The fraction of sp³-hybridized carbons (Fsp3) is 0.500. The molecule has 0 saturated heterocycles. The van der Waals surface area contributed by atoms with E-state index >= 15 is 0 Å². The standard InChI is InChI=1S/C18H25NO6/c1-18(2,3)25-16(22)10-9-14(11-15(20)21)19-17(23)24-12-13-7-5-4-6-8-13/h4-8,14H,9-12H2,1-3H3,(H,19,23)(H,20,21)/t14-/m0/s1. The van der Waals surface area contributed by atoms with E-state index in [1.54, 1.807) is 20.8 Å². The molecule has 0 aliphatic heterocycles. The molecule has 0 unspecified atom stereocenters. The minimum Gasteiger partial charge on any atom is -0.481 e. The quantitative estimate of drug-likeness (QED) is 0.698. The topological polar surface area (TPSA) is 102 Å². The second-order valence-electron chi connectivity index (χ2n) is 6.63. The molecule has 138 valence electrons. The van der Waals surface area contributed by atoms with Crippen LogP contribution in [0.4, 0.5) is 4.79 Å². The summed E-state index contributed by atoms with van der Waals surface area (Å²) >= 11 is 0. The van der Waals surface area contributed by atoms with Crippen molar-refractivity contribution in [3.05, 3.63) is 35.9 Å². The van der Waals surface area contributed by atoms with Crippen LogP contribution in [0.5, 0.6) is 0 Å². The molecule has 1 atom stereocenters. The van der Waals surface area contributed by atoms with Crippen molar-refractivity contribution in [2.75, 3.05) is 0 Å². The summed E-state index contributed by atoms with van der Waals surface area (Å²) in [7, 11) is 0. The summed E-state index contributed by atoms with van der Waals surface area (Å²) in [5.74, 6) is -1.51. The molecule has 7 heteroatoms. The van der Waals surface area contributed by atoms with Gasteiger partial charge in [-0.3, -0.25) is 9.59 Å². The summed E-state index contributed by atoms with van der Waals surface area (Å²) in [6, 6.07) is 8.40. The number of alkyl carbamates (subject to hydrolysis) is 1. The number of ether oxygens (including phenoxy) is 2. The number of aliphatic carboxylic acids is 1. The van der Waals surface area contributed by atoms with Gasteiger partial charge in [-0.15, -0.1) is 0 Å². The van der Waals surface area contributed by atoms with Gasteiger partial charge in [0.15, 0.2) is 0 Å². The van der Waals surface area contributed by atoms with Crippen LogP contribution in [0.2, 0.25) is 0 Å². The van der Waals surface area contributed by atoms with E-state index in [9.17, 15) is 14.4 Å². The minimum atomic E-state index is -1.07. The van der Waals surface area contributed by atoms with E-state index in [0.29, 0.717) is 0 Å². The van der Waals surface area contributed by atoms with Crippen molar-refractivity contribution in [2.24, 2.45) is 0 Å². The van der Waals surface area contributed by atoms with Crippen LogP contribution in [0.3, 0.4) is 0 Å². The number of carbonyl (C=O) groups is 3. The highest BCUT2D eigenvalue weighted by Crippen LogP contribution is 2.11. The summed E-state index contributed by atoms with van der Waals surface area (Å²) in [4.78, 5) is 34.5. The van der Waals surface area contributed by atoms with Crippen LogP contribution < -0.4 is 5.32 Å². The maximum Gasteiger partial charge on any atom is 0.407 e. The van der Waals surface area contributed by atoms with Crippen molar-refractivity contribution in [1.82, 2.24) is 5.32 Å². The smallest absolute Gasteiger partial charge is 0.407 e. The Balaban J connectivity index is 2.47. The fourth-order valence-electron chi connectivity index (χ4n) is 2.05. The van der Waals surface area contributed by atoms with Crippen LogP contribution in [0, 0.1) is 0 Å². The van der Waals surface area contributed by atoms with Crippen molar-refractivity contribution >= 4 is 18.0 Å². The van der Waals surface area contributed by atoms with Crippen molar-refractivity contribution in [3.63, 3.8) is 0 Å². The molecular formula is C18H25NO6. The molecule has 7 nitrogen and oxygen atoms in total. The van der Waals surface area contributed by atoms with Crippen LogP contribution in [0.25, 0.3) is 0 Å². The number of nitrogens with one attached hydrogen (secondary N) is 1. The van der Waals surface area contributed by atoms with Gasteiger partial charge in [0, 0.05) is 12.5 Å². The third-order valence-corrected chi connectivity index (χ3v) is 3.07. The first kappa shape index (κ1) is 20.5. The second-order valence-corrected chi connectivity index (χ2v) is 6.63. The summed E-state index contributed by atoms with van der Waals surface area (Å²) in [5.41, 5.74) is 0.211. The Morgan fingerprint density at radius 1 is 1.16 bits per heavy atom. The highest BCUT2D eigenvalue weighted by molar-refractivity contribution is 5.72. The van der Waals surface area contributed by atoms with Gasteiger partial charge in [-0.05, 0) is 32.8 Å². The molecular weight excluding hydrogens is 326 g/mol. The molecule has 0 aliphatic rings. The zero-order valence-corrected chi connectivity index (χ0v) is 14.8. The molecule has 0 bridgehead atoms. The highest BCUT2D eigenvalue weighted by atomic mass is 16.6. The number of rotatable bonds is 8. The van der Waals surface area contributed by atoms with Crippen LogP contribution in [-0.4, -0.2) is 34.8 Å². The van der Waals surface area contributed by atoms with Crippen molar-refractivity contribution in [2.45, 2.75) is 58.3 Å². The van der Waals surface area contributed by atoms with Gasteiger partial charge in [0.25, 0.3) is 0 Å². The van der Waals surface area contributed by atoms with E-state index in [-0.39, 0.29) is 25.9 Å². The van der Waals surface area contributed by atoms with E-state index in [2.05, 4.69) is 5.32 Å². The first-order valence-electron chi connectivity index (χ1n) is 8.06. The average molecular weight is 351 g/mol. The van der Waals surface area contributed by atoms with E-state index in [0.717, 1.165) is 5.56 Å². The van der Waals surface area contributed by atoms with Gasteiger partial charge in [-0.25, -0.2) is 4.79 Å². The van der Waals surface area contributed by atoms with Gasteiger partial charge in [0.1, 0.15) is 12.2 Å². The normalized spacial score (nSPS) is 12.1. The third-order valence-electron chi connectivity index (χ3n) is 3.07. The number of carboxylic acids is 1. The molecule has 0 radical (unpaired) electrons. The molecule has 0 fully saturated rings. The molecule has 0 aliphatic carbocycles. The zero-order valence-electron chi connectivity index (χ0n) is 14.8. The maximum absolute atomic E-state index is 11.8. The Hall–Kier alpha value is -2.57. The van der Waals surface area contributed by atoms with E-state index in [4.69, 9.17) is 14.6 Å². The first-order valence-corrected chi connectivity index (χ1v) is 8.06. The monoisotopic (exact) mass is 351 g/mol. The number of hydrogen-bond donors (Lipinski definition) is 2. The molecule has 1 aromatic carbocycles. The number of benzene rings is 1. The summed E-state index contributed by atoms with van der Waals surface area (Å²) in [6.07, 6.45) is -0.863. The minimum absolute atomic E-state index is 0.00812. The number of carboxylic acid groups (broad SMARTS) is 1. The lowest BCUT2D eigenvalue weighted by molar-refractivity contribution is -0.155. The van der Waals surface area contributed by atoms with Gasteiger partial charge in [-0.2, -0.15) is 0 Å². The van der Waals surface area contributed by atoms with Crippen LogP contribution in [0.1, 0.15) is 45.6 Å². The molecule has 25 heavy (non-hydrogen) atoms. The van der Waals surface area contributed by atoms with E-state index in [1.807, 2.05) is 30.3 Å². The number of hydrogen-bond acceptors (Lipinski definition) is 5. The number of esters is 1. The summed E-state index contributed by atoms with van der Waals surface area (Å²) in [5, 5.41) is 11.4. The van der Waals surface area contributed by atoms with Crippen molar-refractivity contribution in [1.29, 1.82) is 0 Å². The molecule has 0 heterocycles. The first-order chi connectivity index (χ1) is 11.7. The molecule has 1 aromatic rings. The van der Waals surface area contributed by atoms with Gasteiger partial charge in [0.2, 0.25) is 0 Å². The average Bonchev–Trinajstić information content (AvgIpc) is 2.49. The van der Waals surface area contributed by atoms with E-state index in [1.165, 1.54) is 0 Å². The molecule has 1 rings (SSSR count). The van der Waals surface area contributed by atoms with Gasteiger partial charge in [-0.1, -0.05) is 30.3 Å². The predicted octanol–water partition coefficient (Wildman–Crippen LogP) is 2.88. The lowest BCUT2D eigenvalue weighted by Gasteiger charge is -2.21. The van der Waals surface area contributed by atoms with Gasteiger partial charge < -0.3 is 19.9 Å². The lowest BCUT2D eigenvalue weighted by Crippen LogP contribution is -2.37. The Labute approximate surface area is 147 Å². The Morgan fingerprint density at radius 2 is 1.80 bits per heavy atom. The van der Waals surface area contributed by atoms with Crippen LogP contribution in [0.15, 0.2) is 30.3 Å². The van der Waals surface area contributed by atoms with Gasteiger partial charge >= 0.3 is 18.0 Å². The SMILES string of the molecule is CC(C)(C)OC(=O)CC[C@@H](CC(=O)O)NC(=O)OCc1ccccc1. The predicted molar refractivity (Wildman–Crippen MR) is 90.9 cm³/mol. The number of amides is 1. The highest BCUT2D eigenvalue weighted by Gasteiger charge is 2.21. The van der Waals surface area contributed by atoms with E-state index < -0.39 is 29.7 Å². The molecule has 1 amide bonds. The number of carbonyl (C=O) groups excluding carboxylic acids is 2. The Morgan fingerprint density at radius 3 is 2.36 bits per heavy atom. The van der Waals surface area contributed by atoms with Crippen LogP contribution >= 0.6 is 0 Å². The van der Waals surface area contributed by atoms with Crippen LogP contribution in [-0.2, 0) is 25.7 Å². The fourth-order valence-corrected chi connectivity index (χ4v) is 2.05. The molecule has 0 spiro atoms. The van der Waals surface area contributed by atoms with Gasteiger partial charge in [0.05, 0.1) is 6.42 Å². The van der Waals surface area contributed by atoms with Crippen molar-refractivity contribution in [3.8, 4) is 0 Å². The van der Waals surface area contributed by atoms with Crippen molar-refractivity contribution < 1.29 is 29.0 Å². The Kier molecular flexibility index (Phi) is 7.91. The third kappa shape index (κ3) is 10.0. The maximum atomic E-state index is 11.8. The second kappa shape index (κ2) is 9.66. The largest absolute Gasteiger partial charge is 0.481 e. The lowest BCUT2D eigenvalue weighted by atomic mass is 10.1.